The van der Waals surface area contributed by atoms with Crippen molar-refractivity contribution in [2.45, 2.75) is 27.7 Å². The quantitative estimate of drug-likeness (QED) is 0.687. The van der Waals surface area contributed by atoms with Crippen molar-refractivity contribution < 1.29 is 4.74 Å². The molecular formula is C12H19NO. The highest BCUT2D eigenvalue weighted by Gasteiger charge is 1.90. The van der Waals surface area contributed by atoms with Crippen molar-refractivity contribution in [3.05, 3.63) is 36.2 Å². The largest absolute Gasteiger partial charge is 0.488 e. The lowest BCUT2D eigenvalue weighted by atomic mass is 10.4. The van der Waals surface area contributed by atoms with Gasteiger partial charge >= 0.3 is 0 Å². The van der Waals surface area contributed by atoms with Crippen LogP contribution in [-0.2, 0) is 0 Å². The zero-order valence-corrected chi connectivity index (χ0v) is 9.45. The third kappa shape index (κ3) is 5.36. The first-order valence-electron chi connectivity index (χ1n) is 4.99. The van der Waals surface area contributed by atoms with Crippen LogP contribution in [0, 0.1) is 6.92 Å². The summed E-state index contributed by atoms with van der Waals surface area (Å²) in [5, 5.41) is 0. The number of aromatic nitrogens is 1. The van der Waals surface area contributed by atoms with E-state index >= 15 is 0 Å². The summed E-state index contributed by atoms with van der Waals surface area (Å²) in [5.74, 6) is 0.818. The Bertz CT molecular complexity index is 252. The van der Waals surface area contributed by atoms with Crippen LogP contribution in [0.15, 0.2) is 30.5 Å². The van der Waals surface area contributed by atoms with Crippen LogP contribution in [0.5, 0.6) is 5.75 Å². The Balaban J connectivity index is 0.000000791. The summed E-state index contributed by atoms with van der Waals surface area (Å²) in [6.07, 6.45) is 5.65. The highest BCUT2D eigenvalue weighted by Crippen LogP contribution is 2.07. The first-order chi connectivity index (χ1) is 6.83. The van der Waals surface area contributed by atoms with E-state index < -0.39 is 0 Å². The highest BCUT2D eigenvalue weighted by molar-refractivity contribution is 5.19. The second-order valence-electron chi connectivity index (χ2n) is 2.52. The van der Waals surface area contributed by atoms with Gasteiger partial charge in [-0.15, -0.1) is 0 Å². The number of allylic oxidation sites excluding steroid dienone is 1. The van der Waals surface area contributed by atoms with Crippen molar-refractivity contribution in [1.29, 1.82) is 0 Å². The topological polar surface area (TPSA) is 22.1 Å². The molecule has 0 aliphatic heterocycles. The average Bonchev–Trinajstić information content (AvgIpc) is 2.24. The molecule has 0 saturated heterocycles. The number of hydrogen-bond acceptors (Lipinski definition) is 2. The molecule has 2 heteroatoms. The second kappa shape index (κ2) is 8.30. The third-order valence-electron chi connectivity index (χ3n) is 1.47. The molecule has 1 heterocycles. The van der Waals surface area contributed by atoms with Gasteiger partial charge in [-0.1, -0.05) is 26.0 Å². The molecule has 0 aliphatic rings. The van der Waals surface area contributed by atoms with Crippen LogP contribution in [0.4, 0.5) is 0 Å². The molecule has 78 valence electrons. The lowest BCUT2D eigenvalue weighted by Crippen LogP contribution is -1.93. The van der Waals surface area contributed by atoms with Crippen molar-refractivity contribution in [2.75, 3.05) is 6.61 Å². The van der Waals surface area contributed by atoms with E-state index in [0.29, 0.717) is 6.61 Å². The molecule has 0 unspecified atom stereocenters. The Hall–Kier alpha value is -1.31. The standard InChI is InChI=1S/C10H13NO.C2H6/c1-3-4-7-12-10-6-5-9(2)11-8-10;1-2/h3-6,8H,7H2,1-2H3;1-2H3/b4-3+;. The smallest absolute Gasteiger partial charge is 0.138 e. The number of rotatable bonds is 3. The summed E-state index contributed by atoms with van der Waals surface area (Å²) in [4.78, 5) is 4.11. The molecule has 0 aromatic carbocycles. The van der Waals surface area contributed by atoms with Gasteiger partial charge in [0.05, 0.1) is 6.20 Å². The Morgan fingerprint density at radius 2 is 2.07 bits per heavy atom. The van der Waals surface area contributed by atoms with Crippen LogP contribution in [0.1, 0.15) is 26.5 Å². The molecule has 0 N–H and O–H groups in total. The van der Waals surface area contributed by atoms with Gasteiger partial charge in [-0.2, -0.15) is 0 Å². The predicted octanol–water partition coefficient (Wildman–Crippen LogP) is 3.37. The van der Waals surface area contributed by atoms with Gasteiger partial charge in [-0.3, -0.25) is 4.98 Å². The minimum Gasteiger partial charge on any atom is -0.488 e. The molecule has 1 aromatic rings. The summed E-state index contributed by atoms with van der Waals surface area (Å²) >= 11 is 0. The minimum absolute atomic E-state index is 0.612. The van der Waals surface area contributed by atoms with Crippen LogP contribution in [-0.4, -0.2) is 11.6 Å². The molecule has 0 amide bonds. The molecule has 0 spiro atoms. The Morgan fingerprint density at radius 3 is 2.57 bits per heavy atom. The number of nitrogens with zero attached hydrogens (tertiary/aromatic N) is 1. The van der Waals surface area contributed by atoms with Crippen molar-refractivity contribution in [3.63, 3.8) is 0 Å². The van der Waals surface area contributed by atoms with E-state index in [1.165, 1.54) is 0 Å². The van der Waals surface area contributed by atoms with Gasteiger partial charge in [0.1, 0.15) is 12.4 Å². The molecule has 2 nitrogen and oxygen atoms in total. The van der Waals surface area contributed by atoms with Gasteiger partial charge in [0.2, 0.25) is 0 Å². The molecular weight excluding hydrogens is 174 g/mol. The number of ether oxygens (including phenoxy) is 1. The van der Waals surface area contributed by atoms with Gasteiger partial charge in [-0.05, 0) is 26.0 Å². The first kappa shape index (κ1) is 12.7. The van der Waals surface area contributed by atoms with Crippen molar-refractivity contribution in [1.82, 2.24) is 4.98 Å². The summed E-state index contributed by atoms with van der Waals surface area (Å²) in [6, 6.07) is 3.86. The number of aryl methyl sites for hydroxylation is 1. The van der Waals surface area contributed by atoms with Crippen molar-refractivity contribution in [2.24, 2.45) is 0 Å². The number of hydrogen-bond donors (Lipinski definition) is 0. The Kier molecular flexibility index (Phi) is 7.52. The van der Waals surface area contributed by atoms with E-state index in [-0.39, 0.29) is 0 Å². The fourth-order valence-corrected chi connectivity index (χ4v) is 0.780. The fraction of sp³-hybridized carbons (Fsp3) is 0.417. The molecule has 0 fully saturated rings. The molecule has 0 aliphatic carbocycles. The maximum Gasteiger partial charge on any atom is 0.138 e. The van der Waals surface area contributed by atoms with Gasteiger partial charge < -0.3 is 4.74 Å². The summed E-state index contributed by atoms with van der Waals surface area (Å²) in [7, 11) is 0. The molecule has 0 radical (unpaired) electrons. The molecule has 0 saturated carbocycles. The predicted molar refractivity (Wildman–Crippen MR) is 60.6 cm³/mol. The maximum atomic E-state index is 5.35. The molecule has 1 rings (SSSR count). The maximum absolute atomic E-state index is 5.35. The Labute approximate surface area is 86.6 Å². The van der Waals surface area contributed by atoms with Gasteiger partial charge in [-0.25, -0.2) is 0 Å². The number of pyridine rings is 1. The van der Waals surface area contributed by atoms with Gasteiger partial charge in [0.15, 0.2) is 0 Å². The summed E-state index contributed by atoms with van der Waals surface area (Å²) in [5.41, 5.74) is 1.01. The van der Waals surface area contributed by atoms with Crippen LogP contribution in [0.3, 0.4) is 0 Å². The molecule has 0 atom stereocenters. The lowest BCUT2D eigenvalue weighted by molar-refractivity contribution is 0.361. The minimum atomic E-state index is 0.612. The highest BCUT2D eigenvalue weighted by atomic mass is 16.5. The van der Waals surface area contributed by atoms with Crippen LogP contribution < -0.4 is 4.74 Å². The summed E-state index contributed by atoms with van der Waals surface area (Å²) in [6.45, 7) is 8.54. The van der Waals surface area contributed by atoms with Crippen molar-refractivity contribution in [3.8, 4) is 5.75 Å². The van der Waals surface area contributed by atoms with Crippen LogP contribution >= 0.6 is 0 Å². The Morgan fingerprint density at radius 1 is 1.36 bits per heavy atom. The van der Waals surface area contributed by atoms with Gasteiger partial charge in [0, 0.05) is 5.69 Å². The van der Waals surface area contributed by atoms with Crippen LogP contribution in [0.2, 0.25) is 0 Å². The third-order valence-corrected chi connectivity index (χ3v) is 1.47. The first-order valence-corrected chi connectivity index (χ1v) is 4.99. The van der Waals surface area contributed by atoms with E-state index in [0.717, 1.165) is 11.4 Å². The van der Waals surface area contributed by atoms with E-state index in [4.69, 9.17) is 4.74 Å². The fourth-order valence-electron chi connectivity index (χ4n) is 0.780. The van der Waals surface area contributed by atoms with E-state index in [2.05, 4.69) is 4.98 Å². The van der Waals surface area contributed by atoms with Crippen molar-refractivity contribution >= 4 is 0 Å². The van der Waals surface area contributed by atoms with E-state index in [1.54, 1.807) is 6.20 Å². The normalized spacial score (nSPS) is 9.43. The molecule has 14 heavy (non-hydrogen) atoms. The SMILES string of the molecule is C/C=C/COc1ccc(C)nc1.CC. The molecule has 0 bridgehead atoms. The zero-order chi connectivity index (χ0) is 10.8. The van der Waals surface area contributed by atoms with E-state index in [1.807, 2.05) is 52.0 Å². The monoisotopic (exact) mass is 193 g/mol. The summed E-state index contributed by atoms with van der Waals surface area (Å²) < 4.78 is 5.35. The average molecular weight is 193 g/mol. The lowest BCUT2D eigenvalue weighted by Gasteiger charge is -2.01. The molecule has 1 aromatic heterocycles. The van der Waals surface area contributed by atoms with Gasteiger partial charge in [0.25, 0.3) is 0 Å². The zero-order valence-electron chi connectivity index (χ0n) is 9.45. The second-order valence-corrected chi connectivity index (χ2v) is 2.52. The van der Waals surface area contributed by atoms with E-state index in [9.17, 15) is 0 Å². The van der Waals surface area contributed by atoms with Crippen LogP contribution in [0.25, 0.3) is 0 Å².